The molecule has 1 N–H and O–H groups in total. The van der Waals surface area contributed by atoms with Crippen LogP contribution in [0.15, 0.2) is 42.5 Å². The van der Waals surface area contributed by atoms with Crippen molar-refractivity contribution in [2.75, 3.05) is 29.5 Å². The smallest absolute Gasteiger partial charge is 0.245 e. The van der Waals surface area contributed by atoms with Crippen molar-refractivity contribution in [2.24, 2.45) is 0 Å². The zero-order chi connectivity index (χ0) is 18.6. The van der Waals surface area contributed by atoms with Gasteiger partial charge in [0.25, 0.3) is 0 Å². The zero-order valence-electron chi connectivity index (χ0n) is 13.5. The highest BCUT2D eigenvalue weighted by molar-refractivity contribution is 7.92. The molecule has 0 atom stereocenters. The lowest BCUT2D eigenvalue weighted by molar-refractivity contribution is -0.114. The van der Waals surface area contributed by atoms with Crippen molar-refractivity contribution in [3.8, 4) is 5.75 Å². The summed E-state index contributed by atoms with van der Waals surface area (Å²) < 4.78 is 56.4. The molecule has 134 valence electrons. The molecule has 2 aromatic carbocycles. The summed E-state index contributed by atoms with van der Waals surface area (Å²) in [5.74, 6) is -2.11. The molecule has 0 aliphatic heterocycles. The summed E-state index contributed by atoms with van der Waals surface area (Å²) in [4.78, 5) is 12.1. The molecule has 2 rings (SSSR count). The van der Waals surface area contributed by atoms with Crippen molar-refractivity contribution < 1.29 is 26.7 Å². The molecule has 0 spiro atoms. The number of benzene rings is 2. The van der Waals surface area contributed by atoms with E-state index in [9.17, 15) is 22.0 Å². The SMILES string of the molecule is COc1cccc(N(CC(=O)Nc2ccc(F)cc2F)S(C)(=O)=O)c1. The van der Waals surface area contributed by atoms with Crippen molar-refractivity contribution in [1.29, 1.82) is 0 Å². The van der Waals surface area contributed by atoms with Crippen LogP contribution in [0.1, 0.15) is 0 Å². The van der Waals surface area contributed by atoms with E-state index >= 15 is 0 Å². The number of nitrogens with one attached hydrogen (secondary N) is 1. The standard InChI is InChI=1S/C16H16F2N2O4S/c1-24-13-5-3-4-12(9-13)20(25(2,22)23)10-16(21)19-15-7-6-11(17)8-14(15)18/h3-9H,10H2,1-2H3,(H,19,21). The van der Waals surface area contributed by atoms with E-state index in [0.717, 1.165) is 22.7 Å². The highest BCUT2D eigenvalue weighted by atomic mass is 32.2. The van der Waals surface area contributed by atoms with Gasteiger partial charge in [0.1, 0.15) is 23.9 Å². The van der Waals surface area contributed by atoms with Crippen molar-refractivity contribution in [3.05, 3.63) is 54.1 Å². The quantitative estimate of drug-likeness (QED) is 0.847. The van der Waals surface area contributed by atoms with Crippen LogP contribution in [0, 0.1) is 11.6 Å². The zero-order valence-corrected chi connectivity index (χ0v) is 14.3. The van der Waals surface area contributed by atoms with Crippen LogP contribution in [-0.2, 0) is 14.8 Å². The first-order valence-corrected chi connectivity index (χ1v) is 8.92. The van der Waals surface area contributed by atoms with Crippen LogP contribution in [0.5, 0.6) is 5.75 Å². The Kier molecular flexibility index (Phi) is 5.58. The number of anilines is 2. The fraction of sp³-hybridized carbons (Fsp3) is 0.188. The lowest BCUT2D eigenvalue weighted by atomic mass is 10.3. The minimum Gasteiger partial charge on any atom is -0.497 e. The van der Waals surface area contributed by atoms with Gasteiger partial charge in [0.15, 0.2) is 0 Å². The van der Waals surface area contributed by atoms with Crippen LogP contribution in [0.2, 0.25) is 0 Å². The third kappa shape index (κ3) is 4.90. The van der Waals surface area contributed by atoms with Crippen molar-refractivity contribution in [1.82, 2.24) is 0 Å². The molecule has 0 saturated heterocycles. The molecule has 0 aliphatic rings. The number of nitrogens with zero attached hydrogens (tertiary/aromatic N) is 1. The minimum atomic E-state index is -3.78. The number of carbonyl (C=O) groups excluding carboxylic acids is 1. The molecule has 0 saturated carbocycles. The van der Waals surface area contributed by atoms with Crippen LogP contribution in [0.3, 0.4) is 0 Å². The number of rotatable bonds is 6. The van der Waals surface area contributed by atoms with Gasteiger partial charge in [-0.1, -0.05) is 6.07 Å². The van der Waals surface area contributed by atoms with Gasteiger partial charge in [-0.25, -0.2) is 17.2 Å². The van der Waals surface area contributed by atoms with Crippen molar-refractivity contribution >= 4 is 27.3 Å². The molecule has 25 heavy (non-hydrogen) atoms. The summed E-state index contributed by atoms with van der Waals surface area (Å²) in [6.45, 7) is -0.581. The fourth-order valence-electron chi connectivity index (χ4n) is 2.08. The Labute approximate surface area is 144 Å². The van der Waals surface area contributed by atoms with E-state index in [1.54, 1.807) is 12.1 Å². The molecule has 1 amide bonds. The Morgan fingerprint density at radius 2 is 1.92 bits per heavy atom. The first-order chi connectivity index (χ1) is 11.7. The maximum Gasteiger partial charge on any atom is 0.245 e. The van der Waals surface area contributed by atoms with E-state index in [-0.39, 0.29) is 11.4 Å². The van der Waals surface area contributed by atoms with Gasteiger partial charge in [-0.15, -0.1) is 0 Å². The number of amides is 1. The third-order valence-corrected chi connectivity index (χ3v) is 4.37. The van der Waals surface area contributed by atoms with Gasteiger partial charge in [0, 0.05) is 12.1 Å². The Morgan fingerprint density at radius 1 is 1.20 bits per heavy atom. The number of halogens is 2. The van der Waals surface area contributed by atoms with Crippen LogP contribution < -0.4 is 14.4 Å². The van der Waals surface area contributed by atoms with Gasteiger partial charge >= 0.3 is 0 Å². The van der Waals surface area contributed by atoms with Gasteiger partial charge in [-0.2, -0.15) is 0 Å². The number of hydrogen-bond acceptors (Lipinski definition) is 4. The number of methoxy groups -OCH3 is 1. The normalized spacial score (nSPS) is 11.0. The predicted octanol–water partition coefficient (Wildman–Crippen LogP) is 2.38. The average molecular weight is 370 g/mol. The number of hydrogen-bond donors (Lipinski definition) is 1. The molecule has 9 heteroatoms. The van der Waals surface area contributed by atoms with E-state index in [1.165, 1.54) is 19.2 Å². The summed E-state index contributed by atoms with van der Waals surface area (Å²) in [5, 5.41) is 2.22. The van der Waals surface area contributed by atoms with E-state index in [1.807, 2.05) is 0 Å². The molecule has 0 fully saturated rings. The molecule has 0 bridgehead atoms. The van der Waals surface area contributed by atoms with E-state index < -0.39 is 34.1 Å². The van der Waals surface area contributed by atoms with E-state index in [0.29, 0.717) is 11.8 Å². The molecular weight excluding hydrogens is 354 g/mol. The van der Waals surface area contributed by atoms with E-state index in [2.05, 4.69) is 5.32 Å². The first-order valence-electron chi connectivity index (χ1n) is 7.07. The maximum absolute atomic E-state index is 13.6. The Bertz CT molecular complexity index is 887. The molecule has 0 aromatic heterocycles. The Balaban J connectivity index is 2.23. The van der Waals surface area contributed by atoms with E-state index in [4.69, 9.17) is 4.74 Å². The maximum atomic E-state index is 13.6. The molecule has 0 unspecified atom stereocenters. The molecule has 2 aromatic rings. The molecule has 0 radical (unpaired) electrons. The highest BCUT2D eigenvalue weighted by Crippen LogP contribution is 2.23. The summed E-state index contributed by atoms with van der Waals surface area (Å²) in [6, 6.07) is 8.80. The lowest BCUT2D eigenvalue weighted by Crippen LogP contribution is -2.37. The number of carbonyl (C=O) groups is 1. The third-order valence-electron chi connectivity index (χ3n) is 3.23. The monoisotopic (exact) mass is 370 g/mol. The topological polar surface area (TPSA) is 75.7 Å². The van der Waals surface area contributed by atoms with Gasteiger partial charge in [-0.05, 0) is 24.3 Å². The second-order valence-corrected chi connectivity index (χ2v) is 7.05. The lowest BCUT2D eigenvalue weighted by Gasteiger charge is -2.22. The Morgan fingerprint density at radius 3 is 2.52 bits per heavy atom. The first kappa shape index (κ1) is 18.7. The average Bonchev–Trinajstić information content (AvgIpc) is 2.54. The fourth-order valence-corrected chi connectivity index (χ4v) is 2.92. The second-order valence-electron chi connectivity index (χ2n) is 5.14. The van der Waals surface area contributed by atoms with Gasteiger partial charge < -0.3 is 10.1 Å². The molecular formula is C16H16F2N2O4S. The van der Waals surface area contributed by atoms with Gasteiger partial charge in [0.05, 0.1) is 24.7 Å². The van der Waals surface area contributed by atoms with Crippen LogP contribution in [-0.4, -0.2) is 34.2 Å². The van der Waals surface area contributed by atoms with Crippen LogP contribution in [0.25, 0.3) is 0 Å². The molecule has 6 nitrogen and oxygen atoms in total. The van der Waals surface area contributed by atoms with Gasteiger partial charge in [-0.3, -0.25) is 9.10 Å². The summed E-state index contributed by atoms with van der Waals surface area (Å²) in [6.07, 6.45) is 0.943. The summed E-state index contributed by atoms with van der Waals surface area (Å²) >= 11 is 0. The number of sulfonamides is 1. The largest absolute Gasteiger partial charge is 0.497 e. The van der Waals surface area contributed by atoms with Crippen LogP contribution >= 0.6 is 0 Å². The van der Waals surface area contributed by atoms with Crippen molar-refractivity contribution in [2.45, 2.75) is 0 Å². The van der Waals surface area contributed by atoms with Crippen molar-refractivity contribution in [3.63, 3.8) is 0 Å². The number of ether oxygens (including phenoxy) is 1. The second kappa shape index (κ2) is 7.47. The van der Waals surface area contributed by atoms with Crippen LogP contribution in [0.4, 0.5) is 20.2 Å². The minimum absolute atomic E-state index is 0.219. The summed E-state index contributed by atoms with van der Waals surface area (Å²) in [7, 11) is -2.36. The molecule has 0 heterocycles. The van der Waals surface area contributed by atoms with Gasteiger partial charge in [0.2, 0.25) is 15.9 Å². The highest BCUT2D eigenvalue weighted by Gasteiger charge is 2.22. The summed E-state index contributed by atoms with van der Waals surface area (Å²) in [5.41, 5.74) is -0.0259. The molecule has 0 aliphatic carbocycles. The Hall–Kier alpha value is -2.68. The predicted molar refractivity (Wildman–Crippen MR) is 90.2 cm³/mol.